The lowest BCUT2D eigenvalue weighted by molar-refractivity contribution is 0.0931. The number of carbonyl (C=O) groups is 2. The van der Waals surface area contributed by atoms with Crippen molar-refractivity contribution in [2.24, 2.45) is 0 Å². The molecule has 3 heterocycles. The van der Waals surface area contributed by atoms with E-state index >= 15 is 0 Å². The normalized spacial score (nSPS) is 15.5. The molecule has 0 unspecified atom stereocenters. The number of nitrogens with one attached hydrogen (secondary N) is 3. The molecule has 1 aliphatic heterocycles. The standard InChI is InChI=1S/C30H26N10O4/c31-24-25(27(42)26(24)41)40-9-1-2-16-4-3-15(10-23(16)40)13-32-29(43)21-12-22(34-14-33-21)30(44)35-20-8-6-17-11-18(5-7-19(17)20)28-36-38-39-37-28/h3-5,7,10-12,14,20H,1-2,6,8-9,13,31H2,(H,32,43)(H,35,44)(H,36,37,38,39)/t20-/m0/s1. The van der Waals surface area contributed by atoms with Gasteiger partial charge in [0.1, 0.15) is 29.1 Å². The van der Waals surface area contributed by atoms with E-state index in [2.05, 4.69) is 41.2 Å². The summed E-state index contributed by atoms with van der Waals surface area (Å²) in [4.78, 5) is 59.9. The minimum atomic E-state index is -0.656. The van der Waals surface area contributed by atoms with E-state index in [4.69, 9.17) is 5.73 Å². The van der Waals surface area contributed by atoms with Gasteiger partial charge >= 0.3 is 0 Å². The molecule has 0 saturated carbocycles. The van der Waals surface area contributed by atoms with Crippen LogP contribution in [-0.2, 0) is 19.4 Å². The average molecular weight is 591 g/mol. The Hall–Kier alpha value is -5.79. The Morgan fingerprint density at radius 1 is 0.977 bits per heavy atom. The molecule has 0 bridgehead atoms. The van der Waals surface area contributed by atoms with Crippen LogP contribution >= 0.6 is 0 Å². The van der Waals surface area contributed by atoms with Gasteiger partial charge in [-0.25, -0.2) is 9.97 Å². The van der Waals surface area contributed by atoms with Crippen LogP contribution in [0.3, 0.4) is 0 Å². The van der Waals surface area contributed by atoms with Gasteiger partial charge in [0.15, 0.2) is 0 Å². The number of aromatic amines is 1. The number of fused-ring (bicyclic) bond motifs is 2. The van der Waals surface area contributed by atoms with E-state index in [-0.39, 0.29) is 35.3 Å². The predicted octanol–water partition coefficient (Wildman–Crippen LogP) is 1.27. The molecule has 14 heteroatoms. The fourth-order valence-electron chi connectivity index (χ4n) is 5.93. The summed E-state index contributed by atoms with van der Waals surface area (Å²) in [6, 6.07) is 12.7. The maximum atomic E-state index is 13.1. The molecule has 1 atom stereocenters. The molecule has 2 aliphatic rings. The topological polar surface area (TPSA) is 202 Å². The lowest BCUT2D eigenvalue weighted by Gasteiger charge is -2.32. The Labute approximate surface area is 249 Å². The maximum absolute atomic E-state index is 13.1. The molecule has 220 valence electrons. The van der Waals surface area contributed by atoms with Gasteiger partial charge in [-0.1, -0.05) is 24.3 Å². The highest BCUT2D eigenvalue weighted by Gasteiger charge is 2.29. The van der Waals surface area contributed by atoms with Gasteiger partial charge < -0.3 is 21.3 Å². The number of rotatable bonds is 7. The van der Waals surface area contributed by atoms with Crippen molar-refractivity contribution in [1.82, 2.24) is 41.2 Å². The number of aryl methyl sites for hydroxylation is 2. The number of hydrogen-bond acceptors (Lipinski definition) is 11. The van der Waals surface area contributed by atoms with Crippen LogP contribution in [0.25, 0.3) is 11.4 Å². The van der Waals surface area contributed by atoms with Crippen LogP contribution in [0.1, 0.15) is 62.1 Å². The Kier molecular flexibility index (Phi) is 6.64. The smallest absolute Gasteiger partial charge is 0.270 e. The number of tetrazole rings is 1. The van der Waals surface area contributed by atoms with Crippen molar-refractivity contribution < 1.29 is 9.59 Å². The fourth-order valence-corrected chi connectivity index (χ4v) is 5.93. The Morgan fingerprint density at radius 2 is 1.82 bits per heavy atom. The largest absolute Gasteiger partial charge is 0.394 e. The van der Waals surface area contributed by atoms with Crippen molar-refractivity contribution in [1.29, 1.82) is 0 Å². The number of H-pyrrole nitrogens is 1. The zero-order chi connectivity index (χ0) is 30.4. The molecule has 1 aliphatic carbocycles. The number of nitrogens with zero attached hydrogens (tertiary/aromatic N) is 6. The van der Waals surface area contributed by atoms with Gasteiger partial charge in [-0.3, -0.25) is 19.2 Å². The minimum absolute atomic E-state index is 0.0167. The molecule has 2 amide bonds. The van der Waals surface area contributed by atoms with Crippen molar-refractivity contribution >= 4 is 28.9 Å². The van der Waals surface area contributed by atoms with Crippen molar-refractivity contribution in [3.63, 3.8) is 0 Å². The van der Waals surface area contributed by atoms with Gasteiger partial charge in [0.05, 0.1) is 6.04 Å². The van der Waals surface area contributed by atoms with Crippen molar-refractivity contribution in [3.05, 3.63) is 103 Å². The summed E-state index contributed by atoms with van der Waals surface area (Å²) in [5.74, 6) is -0.372. The van der Waals surface area contributed by atoms with E-state index in [9.17, 15) is 19.2 Å². The Bertz CT molecular complexity index is 2000. The molecular weight excluding hydrogens is 564 g/mol. The third-order valence-corrected chi connectivity index (χ3v) is 8.17. The third-order valence-electron chi connectivity index (χ3n) is 8.17. The van der Waals surface area contributed by atoms with Gasteiger partial charge in [-0.05, 0) is 65.3 Å². The van der Waals surface area contributed by atoms with Crippen molar-refractivity contribution in [2.75, 3.05) is 17.2 Å². The second kappa shape index (κ2) is 10.8. The van der Waals surface area contributed by atoms with Crippen LogP contribution in [0.5, 0.6) is 0 Å². The highest BCUT2D eigenvalue weighted by Crippen LogP contribution is 2.35. The SMILES string of the molecule is Nc1c(N2CCCc3ccc(CNC(=O)c4cc(C(=O)N[C@H]5CCc6cc(-c7nn[nH]n7)ccc65)ncn4)cc32)c(=O)c1=O. The molecule has 44 heavy (non-hydrogen) atoms. The predicted molar refractivity (Wildman–Crippen MR) is 159 cm³/mol. The number of amides is 2. The lowest BCUT2D eigenvalue weighted by atomic mass is 9.97. The second-order valence-electron chi connectivity index (χ2n) is 10.8. The number of carbonyl (C=O) groups excluding carboxylic acids is 2. The lowest BCUT2D eigenvalue weighted by Crippen LogP contribution is -2.42. The average Bonchev–Trinajstić information content (AvgIpc) is 3.74. The zero-order valence-electron chi connectivity index (χ0n) is 23.3. The van der Waals surface area contributed by atoms with Crippen LogP contribution in [0.2, 0.25) is 0 Å². The van der Waals surface area contributed by atoms with E-state index in [0.29, 0.717) is 12.4 Å². The molecule has 0 spiro atoms. The molecule has 0 saturated heterocycles. The van der Waals surface area contributed by atoms with E-state index in [1.54, 1.807) is 4.90 Å². The van der Waals surface area contributed by atoms with Crippen LogP contribution < -0.4 is 32.1 Å². The van der Waals surface area contributed by atoms with Crippen molar-refractivity contribution in [3.8, 4) is 11.4 Å². The highest BCUT2D eigenvalue weighted by atomic mass is 16.2. The minimum Gasteiger partial charge on any atom is -0.394 e. The molecule has 5 aromatic rings. The number of anilines is 3. The van der Waals surface area contributed by atoms with Crippen LogP contribution in [0.15, 0.2) is 58.4 Å². The van der Waals surface area contributed by atoms with Crippen molar-refractivity contribution in [2.45, 2.75) is 38.3 Å². The molecule has 5 N–H and O–H groups in total. The summed E-state index contributed by atoms with van der Waals surface area (Å²) in [7, 11) is 0. The number of benzene rings is 2. The summed E-state index contributed by atoms with van der Waals surface area (Å²) in [6.07, 6.45) is 4.34. The molecule has 3 aromatic carbocycles. The van der Waals surface area contributed by atoms with E-state index in [1.807, 2.05) is 36.4 Å². The van der Waals surface area contributed by atoms with Crippen LogP contribution in [0, 0.1) is 0 Å². The van der Waals surface area contributed by atoms with Crippen LogP contribution in [0.4, 0.5) is 17.1 Å². The first-order valence-electron chi connectivity index (χ1n) is 14.1. The van der Waals surface area contributed by atoms with Gasteiger partial charge in [0, 0.05) is 30.4 Å². The van der Waals surface area contributed by atoms with E-state index in [1.165, 1.54) is 12.4 Å². The summed E-state index contributed by atoms with van der Waals surface area (Å²) in [5, 5.41) is 19.9. The van der Waals surface area contributed by atoms with Gasteiger partial charge in [0.25, 0.3) is 22.7 Å². The highest BCUT2D eigenvalue weighted by molar-refractivity contribution is 5.97. The zero-order valence-corrected chi connectivity index (χ0v) is 23.3. The summed E-state index contributed by atoms with van der Waals surface area (Å²) in [5.41, 5.74) is 10.5. The molecular formula is C30H26N10O4. The number of hydrogen-bond donors (Lipinski definition) is 4. The summed E-state index contributed by atoms with van der Waals surface area (Å²) < 4.78 is 0. The monoisotopic (exact) mass is 590 g/mol. The van der Waals surface area contributed by atoms with Crippen LogP contribution in [-0.4, -0.2) is 49.0 Å². The van der Waals surface area contributed by atoms with Gasteiger partial charge in [-0.2, -0.15) is 5.21 Å². The van der Waals surface area contributed by atoms with E-state index < -0.39 is 22.7 Å². The van der Waals surface area contributed by atoms with E-state index in [0.717, 1.165) is 59.2 Å². The summed E-state index contributed by atoms with van der Waals surface area (Å²) >= 11 is 0. The van der Waals surface area contributed by atoms with Gasteiger partial charge in [-0.15, -0.1) is 10.2 Å². The number of nitrogen functional groups attached to an aromatic ring is 1. The van der Waals surface area contributed by atoms with Gasteiger partial charge in [0.2, 0.25) is 5.82 Å². The fraction of sp³-hybridized carbons (Fsp3) is 0.233. The first-order valence-corrected chi connectivity index (χ1v) is 14.1. The maximum Gasteiger partial charge on any atom is 0.270 e. The second-order valence-corrected chi connectivity index (χ2v) is 10.8. The molecule has 0 radical (unpaired) electrons. The molecule has 14 nitrogen and oxygen atoms in total. The Balaban J connectivity index is 1.01. The number of nitrogens with two attached hydrogens (primary N) is 1. The third kappa shape index (κ3) is 4.75. The number of aromatic nitrogens is 6. The molecule has 0 fully saturated rings. The first kappa shape index (κ1) is 27.1. The molecule has 2 aromatic heterocycles. The Morgan fingerprint density at radius 3 is 2.61 bits per heavy atom. The summed E-state index contributed by atoms with van der Waals surface area (Å²) in [6.45, 7) is 0.745. The first-order chi connectivity index (χ1) is 21.4. The quantitative estimate of drug-likeness (QED) is 0.199. The molecule has 7 rings (SSSR count).